The van der Waals surface area contributed by atoms with E-state index >= 15 is 0 Å². The maximum Gasteiger partial charge on any atom is 3.00 e. The molecular formula is C12H8N4Ru+3. The molecule has 2 aromatic heterocycles. The fourth-order valence-electron chi connectivity index (χ4n) is 0.853. The Morgan fingerprint density at radius 3 is 1.18 bits per heavy atom. The zero-order valence-corrected chi connectivity index (χ0v) is 10.5. The molecule has 0 spiro atoms. The number of nitriles is 2. The molecular weight excluding hydrogens is 301 g/mol. The van der Waals surface area contributed by atoms with Gasteiger partial charge in [-0.3, -0.25) is 9.97 Å². The zero-order valence-electron chi connectivity index (χ0n) is 8.76. The number of hydrogen-bond donors (Lipinski definition) is 0. The maximum atomic E-state index is 8.26. The van der Waals surface area contributed by atoms with Crippen LogP contribution in [0.4, 0.5) is 0 Å². The molecule has 0 aliphatic rings. The fourth-order valence-corrected chi connectivity index (χ4v) is 0.853. The summed E-state index contributed by atoms with van der Waals surface area (Å²) in [7, 11) is 0. The van der Waals surface area contributed by atoms with Crippen molar-refractivity contribution in [1.29, 1.82) is 10.5 Å². The number of hydrogen-bond acceptors (Lipinski definition) is 4. The van der Waals surface area contributed by atoms with Crippen LogP contribution in [0.1, 0.15) is 11.1 Å². The number of pyridine rings is 2. The van der Waals surface area contributed by atoms with E-state index in [1.165, 1.54) is 0 Å². The van der Waals surface area contributed by atoms with Crippen LogP contribution >= 0.6 is 0 Å². The topological polar surface area (TPSA) is 73.4 Å². The van der Waals surface area contributed by atoms with Gasteiger partial charge in [0.1, 0.15) is 0 Å². The van der Waals surface area contributed by atoms with Gasteiger partial charge in [-0.1, -0.05) is 0 Å². The van der Waals surface area contributed by atoms with Crippen molar-refractivity contribution in [2.75, 3.05) is 0 Å². The molecule has 0 bridgehead atoms. The molecule has 17 heavy (non-hydrogen) atoms. The van der Waals surface area contributed by atoms with E-state index in [-0.39, 0.29) is 19.5 Å². The molecule has 0 fully saturated rings. The van der Waals surface area contributed by atoms with E-state index in [1.54, 1.807) is 49.1 Å². The molecule has 5 heteroatoms. The van der Waals surface area contributed by atoms with Gasteiger partial charge < -0.3 is 0 Å². The number of rotatable bonds is 0. The SMILES string of the molecule is N#Cc1ccncc1.N#Cc1ccncc1.[Ru+3]. The first kappa shape index (κ1) is 14.9. The summed E-state index contributed by atoms with van der Waals surface area (Å²) in [6, 6.07) is 10.6. The molecule has 2 aromatic rings. The smallest absolute Gasteiger partial charge is 0.265 e. The first-order chi connectivity index (χ1) is 7.86. The predicted molar refractivity (Wildman–Crippen MR) is 57.9 cm³/mol. The summed E-state index contributed by atoms with van der Waals surface area (Å²) in [4.78, 5) is 7.48. The predicted octanol–water partition coefficient (Wildman–Crippen LogP) is 1.90. The number of nitrogens with zero attached hydrogens (tertiary/aromatic N) is 4. The van der Waals surface area contributed by atoms with E-state index in [1.807, 2.05) is 12.1 Å². The standard InChI is InChI=1S/2C6H4N2.Ru/c2*7-5-6-1-3-8-4-2-6;/h2*1-4H;/q;;+3. The Morgan fingerprint density at radius 1 is 0.706 bits per heavy atom. The minimum Gasteiger partial charge on any atom is -0.265 e. The Balaban J connectivity index is 0.000000284. The van der Waals surface area contributed by atoms with Gasteiger partial charge in [0.05, 0.1) is 23.3 Å². The average molecular weight is 309 g/mol. The van der Waals surface area contributed by atoms with E-state index in [0.717, 1.165) is 0 Å². The van der Waals surface area contributed by atoms with Crippen molar-refractivity contribution in [2.24, 2.45) is 0 Å². The second kappa shape index (κ2) is 9.15. The Hall–Kier alpha value is -2.10. The molecule has 2 rings (SSSR count). The van der Waals surface area contributed by atoms with E-state index in [4.69, 9.17) is 10.5 Å². The van der Waals surface area contributed by atoms with Crippen LogP contribution in [0.15, 0.2) is 49.1 Å². The van der Waals surface area contributed by atoms with Crippen molar-refractivity contribution >= 4 is 0 Å². The molecule has 2 heterocycles. The Kier molecular flexibility index (Phi) is 8.02. The summed E-state index contributed by atoms with van der Waals surface area (Å²) in [6.07, 6.45) is 6.38. The third-order valence-corrected chi connectivity index (χ3v) is 1.62. The van der Waals surface area contributed by atoms with Gasteiger partial charge in [-0.15, -0.1) is 0 Å². The molecule has 0 atom stereocenters. The maximum absolute atomic E-state index is 8.26. The van der Waals surface area contributed by atoms with Crippen LogP contribution in [-0.4, -0.2) is 9.97 Å². The summed E-state index contributed by atoms with van der Waals surface area (Å²) < 4.78 is 0. The summed E-state index contributed by atoms with van der Waals surface area (Å²) in [6.45, 7) is 0. The van der Waals surface area contributed by atoms with Gasteiger partial charge in [-0.2, -0.15) is 10.5 Å². The molecule has 0 aliphatic heterocycles. The van der Waals surface area contributed by atoms with Crippen molar-refractivity contribution in [3.05, 3.63) is 60.2 Å². The molecule has 0 amide bonds. The Bertz CT molecular complexity index is 450. The molecule has 1 radical (unpaired) electrons. The van der Waals surface area contributed by atoms with Crippen molar-refractivity contribution < 1.29 is 19.5 Å². The summed E-state index contributed by atoms with van der Waals surface area (Å²) >= 11 is 0. The van der Waals surface area contributed by atoms with E-state index in [9.17, 15) is 0 Å². The zero-order chi connectivity index (χ0) is 11.6. The van der Waals surface area contributed by atoms with E-state index in [2.05, 4.69) is 9.97 Å². The quantitative estimate of drug-likeness (QED) is 0.697. The van der Waals surface area contributed by atoms with Crippen LogP contribution in [0.3, 0.4) is 0 Å². The normalized spacial score (nSPS) is 7.41. The molecule has 0 unspecified atom stereocenters. The fraction of sp³-hybridized carbons (Fsp3) is 0. The summed E-state index contributed by atoms with van der Waals surface area (Å²) in [5, 5.41) is 16.5. The molecule has 0 saturated heterocycles. The van der Waals surface area contributed by atoms with Gasteiger partial charge in [0.15, 0.2) is 0 Å². The van der Waals surface area contributed by atoms with Gasteiger partial charge in [-0.05, 0) is 24.3 Å². The third-order valence-electron chi connectivity index (χ3n) is 1.62. The van der Waals surface area contributed by atoms with Crippen LogP contribution in [0.2, 0.25) is 0 Å². The minimum absolute atomic E-state index is 0. The van der Waals surface area contributed by atoms with E-state index < -0.39 is 0 Å². The average Bonchev–Trinajstić information content (AvgIpc) is 2.41. The summed E-state index contributed by atoms with van der Waals surface area (Å²) in [5.74, 6) is 0. The van der Waals surface area contributed by atoms with Crippen molar-refractivity contribution in [1.82, 2.24) is 9.97 Å². The summed E-state index contributed by atoms with van der Waals surface area (Å²) in [5.41, 5.74) is 1.31. The molecule has 0 N–H and O–H groups in total. The number of aromatic nitrogens is 2. The van der Waals surface area contributed by atoms with Crippen LogP contribution in [0.5, 0.6) is 0 Å². The molecule has 0 aliphatic carbocycles. The second-order valence-corrected chi connectivity index (χ2v) is 2.70. The Labute approximate surface area is 112 Å². The van der Waals surface area contributed by atoms with Gasteiger partial charge in [-0.25, -0.2) is 0 Å². The van der Waals surface area contributed by atoms with Crippen LogP contribution in [0, 0.1) is 22.7 Å². The van der Waals surface area contributed by atoms with Crippen molar-refractivity contribution in [3.8, 4) is 12.1 Å². The second-order valence-electron chi connectivity index (χ2n) is 2.70. The molecule has 0 aromatic carbocycles. The van der Waals surface area contributed by atoms with Gasteiger partial charge >= 0.3 is 19.5 Å². The van der Waals surface area contributed by atoms with Crippen molar-refractivity contribution in [3.63, 3.8) is 0 Å². The van der Waals surface area contributed by atoms with Crippen LogP contribution in [0.25, 0.3) is 0 Å². The first-order valence-electron chi connectivity index (χ1n) is 4.47. The minimum atomic E-state index is 0. The third kappa shape index (κ3) is 6.15. The molecule has 4 nitrogen and oxygen atoms in total. The molecule has 0 saturated carbocycles. The van der Waals surface area contributed by atoms with Crippen molar-refractivity contribution in [2.45, 2.75) is 0 Å². The van der Waals surface area contributed by atoms with Gasteiger partial charge in [0.25, 0.3) is 0 Å². The van der Waals surface area contributed by atoms with Crippen LogP contribution in [-0.2, 0) is 19.5 Å². The first-order valence-corrected chi connectivity index (χ1v) is 4.47. The van der Waals surface area contributed by atoms with Crippen LogP contribution < -0.4 is 0 Å². The molecule has 81 valence electrons. The van der Waals surface area contributed by atoms with Gasteiger partial charge in [0.2, 0.25) is 0 Å². The largest absolute Gasteiger partial charge is 3.00 e. The van der Waals surface area contributed by atoms with E-state index in [0.29, 0.717) is 11.1 Å². The Morgan fingerprint density at radius 2 is 1.00 bits per heavy atom. The van der Waals surface area contributed by atoms with Gasteiger partial charge in [0, 0.05) is 24.8 Å². The monoisotopic (exact) mass is 310 g/mol.